The van der Waals surface area contributed by atoms with Crippen LogP contribution in [0, 0.1) is 0 Å². The van der Waals surface area contributed by atoms with Crippen molar-refractivity contribution >= 4 is 30.1 Å². The molecule has 4 aliphatic heterocycles. The van der Waals surface area contributed by atoms with Crippen LogP contribution in [-0.2, 0) is 14.0 Å². The summed E-state index contributed by atoms with van der Waals surface area (Å²) in [5, 5.41) is 0. The molecule has 1 aromatic carbocycles. The fourth-order valence-corrected chi connectivity index (χ4v) is 4.59. The molecule has 1 fully saturated rings. The van der Waals surface area contributed by atoms with Crippen LogP contribution >= 0.6 is 0 Å². The SMILES string of the molecule is CC1(C)OB(C2=COCC3=C4C2=CN=C(c2ccc5oc(N)nc5c2)N4CC3)OC1(C)C. The molecule has 9 heteroatoms. The van der Waals surface area contributed by atoms with E-state index in [-0.39, 0.29) is 6.01 Å². The number of aromatic nitrogens is 1. The van der Waals surface area contributed by atoms with Crippen molar-refractivity contribution in [1.82, 2.24) is 9.88 Å². The van der Waals surface area contributed by atoms with Gasteiger partial charge < -0.3 is 29.1 Å². The van der Waals surface area contributed by atoms with Crippen molar-refractivity contribution in [2.45, 2.75) is 45.3 Å². The molecule has 1 aromatic heterocycles. The number of rotatable bonds is 2. The fraction of sp³-hybridized carbons (Fsp3) is 0.391. The Balaban J connectivity index is 1.43. The van der Waals surface area contributed by atoms with Gasteiger partial charge in [-0.05, 0) is 57.9 Å². The third-order valence-corrected chi connectivity index (χ3v) is 7.02. The Labute approximate surface area is 186 Å². The van der Waals surface area contributed by atoms with Gasteiger partial charge in [-0.3, -0.25) is 0 Å². The van der Waals surface area contributed by atoms with E-state index in [9.17, 15) is 0 Å². The summed E-state index contributed by atoms with van der Waals surface area (Å²) in [5.41, 5.74) is 11.4. The largest absolute Gasteiger partial charge is 0.498 e. The molecule has 0 saturated carbocycles. The van der Waals surface area contributed by atoms with Crippen molar-refractivity contribution in [2.75, 3.05) is 18.9 Å². The van der Waals surface area contributed by atoms with Crippen LogP contribution < -0.4 is 5.73 Å². The van der Waals surface area contributed by atoms with E-state index < -0.39 is 18.3 Å². The Morgan fingerprint density at radius 1 is 1.12 bits per heavy atom. The molecule has 5 heterocycles. The first-order chi connectivity index (χ1) is 15.2. The number of allylic oxidation sites excluding steroid dienone is 1. The summed E-state index contributed by atoms with van der Waals surface area (Å²) in [7, 11) is -0.522. The van der Waals surface area contributed by atoms with Gasteiger partial charge in [-0.15, -0.1) is 0 Å². The minimum atomic E-state index is -0.522. The molecule has 1 saturated heterocycles. The number of nitrogen functional groups attached to an aromatic ring is 1. The molecule has 2 aromatic rings. The first-order valence-electron chi connectivity index (χ1n) is 10.9. The lowest BCUT2D eigenvalue weighted by Crippen LogP contribution is -2.41. The predicted molar refractivity (Wildman–Crippen MR) is 122 cm³/mol. The summed E-state index contributed by atoms with van der Waals surface area (Å²) in [6.07, 6.45) is 4.59. The third-order valence-electron chi connectivity index (χ3n) is 7.02. The first kappa shape index (κ1) is 19.6. The summed E-state index contributed by atoms with van der Waals surface area (Å²) in [5.74, 6) is 0.873. The van der Waals surface area contributed by atoms with Crippen LogP contribution in [0.15, 0.2) is 62.4 Å². The van der Waals surface area contributed by atoms with E-state index in [0.29, 0.717) is 17.7 Å². The molecule has 0 spiro atoms. The van der Waals surface area contributed by atoms with Crippen molar-refractivity contribution in [2.24, 2.45) is 4.99 Å². The van der Waals surface area contributed by atoms with Crippen LogP contribution in [0.25, 0.3) is 11.1 Å². The highest BCUT2D eigenvalue weighted by Crippen LogP contribution is 2.44. The number of nitrogens with zero attached hydrogens (tertiary/aromatic N) is 3. The maximum atomic E-state index is 6.33. The van der Waals surface area contributed by atoms with Crippen LogP contribution in [0.2, 0.25) is 0 Å². The average molecular weight is 432 g/mol. The quantitative estimate of drug-likeness (QED) is 0.725. The maximum Gasteiger partial charge on any atom is 0.498 e. The molecule has 0 aliphatic carbocycles. The zero-order valence-corrected chi connectivity index (χ0v) is 18.6. The summed E-state index contributed by atoms with van der Waals surface area (Å²) < 4.78 is 24.0. The minimum Gasteiger partial charge on any atom is -0.497 e. The van der Waals surface area contributed by atoms with Gasteiger partial charge in [-0.2, -0.15) is 4.98 Å². The lowest BCUT2D eigenvalue weighted by molar-refractivity contribution is 0.00578. The highest BCUT2D eigenvalue weighted by Gasteiger charge is 2.54. The molecule has 164 valence electrons. The van der Waals surface area contributed by atoms with Crippen molar-refractivity contribution in [1.29, 1.82) is 0 Å². The number of aliphatic imine (C=N–C) groups is 1. The monoisotopic (exact) mass is 432 g/mol. The normalized spacial score (nSPS) is 23.6. The number of fused-ring (bicyclic) bond motifs is 1. The molecule has 2 N–H and O–H groups in total. The molecule has 32 heavy (non-hydrogen) atoms. The van der Waals surface area contributed by atoms with Gasteiger partial charge in [0.2, 0.25) is 0 Å². The Hall–Kier alpha value is -3.04. The van der Waals surface area contributed by atoms with E-state index >= 15 is 0 Å². The zero-order valence-electron chi connectivity index (χ0n) is 18.6. The van der Waals surface area contributed by atoms with Gasteiger partial charge in [0.05, 0.1) is 23.2 Å². The second-order valence-corrected chi connectivity index (χ2v) is 9.56. The predicted octanol–water partition coefficient (Wildman–Crippen LogP) is 3.56. The Bertz CT molecular complexity index is 1250. The summed E-state index contributed by atoms with van der Waals surface area (Å²) >= 11 is 0. The molecule has 0 unspecified atom stereocenters. The van der Waals surface area contributed by atoms with Crippen molar-refractivity contribution < 1.29 is 18.5 Å². The standard InChI is InChI=1S/C23H25BN4O4/c1-22(2)23(3,4)32-24(31-22)16-12-29-11-14-7-8-28-19(14)15(16)10-26-20(28)13-5-6-18-17(9-13)27-21(25)30-18/h5-6,9-10,12H,7-8,11H2,1-4H3,(H2,25,27). The Morgan fingerprint density at radius 3 is 2.69 bits per heavy atom. The Morgan fingerprint density at radius 2 is 1.91 bits per heavy atom. The molecule has 0 radical (unpaired) electrons. The van der Waals surface area contributed by atoms with Gasteiger partial charge in [0.15, 0.2) is 5.58 Å². The van der Waals surface area contributed by atoms with Gasteiger partial charge in [0, 0.05) is 29.4 Å². The average Bonchev–Trinajstić information content (AvgIpc) is 3.32. The minimum absolute atomic E-state index is 0.161. The van der Waals surface area contributed by atoms with Gasteiger partial charge >= 0.3 is 7.12 Å². The molecule has 6 rings (SSSR count). The van der Waals surface area contributed by atoms with Gasteiger partial charge in [-0.25, -0.2) is 4.99 Å². The molecule has 0 atom stereocenters. The topological polar surface area (TPSA) is 95.3 Å². The van der Waals surface area contributed by atoms with E-state index in [1.165, 1.54) is 5.57 Å². The number of hydrogen-bond acceptors (Lipinski definition) is 8. The molecular weight excluding hydrogens is 407 g/mol. The first-order valence-corrected chi connectivity index (χ1v) is 10.9. The zero-order chi connectivity index (χ0) is 22.3. The van der Waals surface area contributed by atoms with E-state index in [0.717, 1.165) is 41.1 Å². The van der Waals surface area contributed by atoms with E-state index in [2.05, 4.69) is 37.6 Å². The maximum absolute atomic E-state index is 6.33. The van der Waals surface area contributed by atoms with Gasteiger partial charge in [0.25, 0.3) is 6.01 Å². The fourth-order valence-electron chi connectivity index (χ4n) is 4.59. The van der Waals surface area contributed by atoms with Crippen LogP contribution in [-0.4, -0.2) is 47.2 Å². The summed E-state index contributed by atoms with van der Waals surface area (Å²) in [6.45, 7) is 9.58. The Kier molecular flexibility index (Phi) is 3.98. The lowest BCUT2D eigenvalue weighted by atomic mass is 9.73. The molecule has 4 aliphatic rings. The highest BCUT2D eigenvalue weighted by molar-refractivity contribution is 6.56. The van der Waals surface area contributed by atoms with Crippen LogP contribution in [0.1, 0.15) is 39.7 Å². The molecule has 0 bridgehead atoms. The molecule has 8 nitrogen and oxygen atoms in total. The van der Waals surface area contributed by atoms with Crippen LogP contribution in [0.5, 0.6) is 0 Å². The van der Waals surface area contributed by atoms with E-state index in [1.807, 2.05) is 24.4 Å². The van der Waals surface area contributed by atoms with Crippen molar-refractivity contribution in [3.63, 3.8) is 0 Å². The van der Waals surface area contributed by atoms with E-state index in [4.69, 9.17) is 29.2 Å². The second-order valence-electron chi connectivity index (χ2n) is 9.56. The van der Waals surface area contributed by atoms with Gasteiger partial charge in [-0.1, -0.05) is 0 Å². The van der Waals surface area contributed by atoms with E-state index in [1.54, 1.807) is 6.26 Å². The third kappa shape index (κ3) is 2.77. The second kappa shape index (κ2) is 6.49. The van der Waals surface area contributed by atoms with Crippen LogP contribution in [0.4, 0.5) is 6.01 Å². The number of amidine groups is 1. The number of ether oxygens (including phenoxy) is 1. The molecular formula is C23H25BN4O4. The number of oxazole rings is 1. The number of hydrogen-bond donors (Lipinski definition) is 1. The smallest absolute Gasteiger partial charge is 0.497 e. The number of nitrogens with two attached hydrogens (primary N) is 1. The van der Waals surface area contributed by atoms with Crippen molar-refractivity contribution in [3.05, 3.63) is 58.5 Å². The highest BCUT2D eigenvalue weighted by atomic mass is 16.7. The van der Waals surface area contributed by atoms with Gasteiger partial charge in [0.1, 0.15) is 18.0 Å². The van der Waals surface area contributed by atoms with Crippen molar-refractivity contribution in [3.8, 4) is 0 Å². The summed E-state index contributed by atoms with van der Waals surface area (Å²) in [4.78, 5) is 11.4. The number of benzene rings is 1. The molecule has 0 amide bonds. The lowest BCUT2D eigenvalue weighted by Gasteiger charge is -2.32. The summed E-state index contributed by atoms with van der Waals surface area (Å²) in [6, 6.07) is 5.99. The van der Waals surface area contributed by atoms with Crippen LogP contribution in [0.3, 0.4) is 0 Å². The number of anilines is 1.